The summed E-state index contributed by atoms with van der Waals surface area (Å²) in [6.07, 6.45) is 0. The van der Waals surface area contributed by atoms with Gasteiger partial charge in [0.15, 0.2) is 0 Å². The van der Waals surface area contributed by atoms with Crippen LogP contribution in [-0.4, -0.2) is 24.0 Å². The molecule has 0 radical (unpaired) electrons. The Balaban J connectivity index is 3.27. The van der Waals surface area contributed by atoms with Crippen molar-refractivity contribution >= 4 is 11.8 Å². The second-order valence-electron chi connectivity index (χ2n) is 4.40. The maximum Gasteiger partial charge on any atom is 0.338 e. The van der Waals surface area contributed by atoms with Gasteiger partial charge < -0.3 is 10.1 Å². The zero-order valence-electron chi connectivity index (χ0n) is 11.2. The van der Waals surface area contributed by atoms with Crippen molar-refractivity contribution in [3.8, 4) is 0 Å². The van der Waals surface area contributed by atoms with E-state index < -0.39 is 5.54 Å². The SMILES string of the molecule is C=C(C)C1(C)N=C(C)NC(C)=C1C(=O)OCC. The highest BCUT2D eigenvalue weighted by Crippen LogP contribution is 2.33. The van der Waals surface area contributed by atoms with Gasteiger partial charge in [0.25, 0.3) is 0 Å². The van der Waals surface area contributed by atoms with Crippen LogP contribution in [0.15, 0.2) is 28.4 Å². The van der Waals surface area contributed by atoms with Gasteiger partial charge in [-0.05, 0) is 40.2 Å². The van der Waals surface area contributed by atoms with E-state index in [9.17, 15) is 4.79 Å². The van der Waals surface area contributed by atoms with E-state index >= 15 is 0 Å². The van der Waals surface area contributed by atoms with Crippen LogP contribution < -0.4 is 5.32 Å². The minimum atomic E-state index is -0.703. The number of carbonyl (C=O) groups excluding carboxylic acids is 1. The lowest BCUT2D eigenvalue weighted by atomic mass is 9.83. The minimum absolute atomic E-state index is 0.334. The lowest BCUT2D eigenvalue weighted by Gasteiger charge is -2.33. The Labute approximate surface area is 102 Å². The summed E-state index contributed by atoms with van der Waals surface area (Å²) in [4.78, 5) is 16.5. The lowest BCUT2D eigenvalue weighted by Crippen LogP contribution is -2.41. The molecule has 0 saturated carbocycles. The number of hydrogen-bond acceptors (Lipinski definition) is 4. The monoisotopic (exact) mass is 236 g/mol. The van der Waals surface area contributed by atoms with Crippen LogP contribution in [0.2, 0.25) is 0 Å². The maximum absolute atomic E-state index is 12.0. The molecule has 0 fully saturated rings. The Morgan fingerprint density at radius 3 is 2.59 bits per heavy atom. The first-order valence-electron chi connectivity index (χ1n) is 5.70. The summed E-state index contributed by atoms with van der Waals surface area (Å²) in [5.41, 5.74) is 1.44. The van der Waals surface area contributed by atoms with Gasteiger partial charge in [-0.15, -0.1) is 0 Å². The van der Waals surface area contributed by atoms with Crippen LogP contribution in [-0.2, 0) is 9.53 Å². The number of esters is 1. The zero-order chi connectivity index (χ0) is 13.2. The first-order chi connectivity index (χ1) is 7.82. The van der Waals surface area contributed by atoms with Gasteiger partial charge in [-0.2, -0.15) is 0 Å². The Hall–Kier alpha value is -1.58. The maximum atomic E-state index is 12.0. The van der Waals surface area contributed by atoms with E-state index in [2.05, 4.69) is 16.9 Å². The number of amidine groups is 1. The van der Waals surface area contributed by atoms with E-state index in [0.717, 1.165) is 17.1 Å². The van der Waals surface area contributed by atoms with Crippen LogP contribution in [0.4, 0.5) is 0 Å². The summed E-state index contributed by atoms with van der Waals surface area (Å²) in [5, 5.41) is 3.07. The van der Waals surface area contributed by atoms with Gasteiger partial charge in [0.05, 0.1) is 18.0 Å². The van der Waals surface area contributed by atoms with E-state index in [4.69, 9.17) is 4.74 Å². The second-order valence-corrected chi connectivity index (χ2v) is 4.40. The molecule has 1 unspecified atom stereocenters. The number of allylic oxidation sites excluding steroid dienone is 1. The van der Waals surface area contributed by atoms with E-state index in [1.54, 1.807) is 6.92 Å². The molecule has 0 aromatic rings. The molecule has 1 N–H and O–H groups in total. The summed E-state index contributed by atoms with van der Waals surface area (Å²) in [5.74, 6) is 0.445. The molecule has 0 aromatic carbocycles. The van der Waals surface area contributed by atoms with Crippen molar-refractivity contribution in [1.82, 2.24) is 5.32 Å². The van der Waals surface area contributed by atoms with E-state index in [1.807, 2.05) is 27.7 Å². The van der Waals surface area contributed by atoms with E-state index in [1.165, 1.54) is 0 Å². The van der Waals surface area contributed by atoms with Crippen molar-refractivity contribution in [2.24, 2.45) is 4.99 Å². The molecular formula is C13H20N2O2. The third-order valence-corrected chi connectivity index (χ3v) is 2.93. The van der Waals surface area contributed by atoms with Crippen LogP contribution in [0, 0.1) is 0 Å². The number of rotatable bonds is 3. The molecule has 1 heterocycles. The molecule has 1 aliphatic rings. The average molecular weight is 236 g/mol. The fourth-order valence-corrected chi connectivity index (χ4v) is 1.98. The zero-order valence-corrected chi connectivity index (χ0v) is 11.2. The number of ether oxygens (including phenoxy) is 1. The average Bonchev–Trinajstić information content (AvgIpc) is 2.15. The largest absolute Gasteiger partial charge is 0.463 e. The molecule has 4 nitrogen and oxygen atoms in total. The Morgan fingerprint density at radius 1 is 1.53 bits per heavy atom. The van der Waals surface area contributed by atoms with Crippen LogP contribution in [0.25, 0.3) is 0 Å². The predicted molar refractivity (Wildman–Crippen MR) is 68.8 cm³/mol. The fourth-order valence-electron chi connectivity index (χ4n) is 1.98. The van der Waals surface area contributed by atoms with Gasteiger partial charge in [-0.25, -0.2) is 4.79 Å². The molecular weight excluding hydrogens is 216 g/mol. The van der Waals surface area contributed by atoms with Crippen molar-refractivity contribution in [2.45, 2.75) is 40.2 Å². The molecule has 1 aliphatic heterocycles. The molecule has 0 amide bonds. The Bertz CT molecular complexity index is 421. The smallest absolute Gasteiger partial charge is 0.338 e. The predicted octanol–water partition coefficient (Wildman–Crippen LogP) is 2.18. The third-order valence-electron chi connectivity index (χ3n) is 2.93. The van der Waals surface area contributed by atoms with Crippen LogP contribution in [0.3, 0.4) is 0 Å². The topological polar surface area (TPSA) is 50.7 Å². The van der Waals surface area contributed by atoms with Crippen LogP contribution in [0.1, 0.15) is 34.6 Å². The lowest BCUT2D eigenvalue weighted by molar-refractivity contribution is -0.139. The molecule has 0 aliphatic carbocycles. The van der Waals surface area contributed by atoms with Gasteiger partial charge in [-0.3, -0.25) is 4.99 Å². The molecule has 0 aromatic heterocycles. The van der Waals surface area contributed by atoms with Gasteiger partial charge in [0, 0.05) is 5.70 Å². The van der Waals surface area contributed by atoms with Crippen LogP contribution >= 0.6 is 0 Å². The summed E-state index contributed by atoms with van der Waals surface area (Å²) in [7, 11) is 0. The molecule has 0 spiro atoms. The molecule has 0 saturated heterocycles. The quantitative estimate of drug-likeness (QED) is 0.603. The van der Waals surface area contributed by atoms with Crippen molar-refractivity contribution in [1.29, 1.82) is 0 Å². The summed E-state index contributed by atoms with van der Waals surface area (Å²) in [6, 6.07) is 0. The molecule has 17 heavy (non-hydrogen) atoms. The first kappa shape index (κ1) is 13.5. The van der Waals surface area contributed by atoms with Gasteiger partial charge in [0.1, 0.15) is 5.54 Å². The highest BCUT2D eigenvalue weighted by molar-refractivity contribution is 5.97. The van der Waals surface area contributed by atoms with Gasteiger partial charge in [-0.1, -0.05) is 6.58 Å². The Kier molecular flexibility index (Phi) is 3.76. The molecule has 1 rings (SSSR count). The minimum Gasteiger partial charge on any atom is -0.463 e. The van der Waals surface area contributed by atoms with Crippen molar-refractivity contribution in [3.05, 3.63) is 23.4 Å². The van der Waals surface area contributed by atoms with E-state index in [-0.39, 0.29) is 5.97 Å². The normalized spacial score (nSPS) is 23.9. The summed E-state index contributed by atoms with van der Waals surface area (Å²) in [6.45, 7) is 13.6. The number of carbonyl (C=O) groups is 1. The second kappa shape index (κ2) is 4.73. The molecule has 1 atom stereocenters. The number of nitrogens with one attached hydrogen (secondary N) is 1. The van der Waals surface area contributed by atoms with E-state index in [0.29, 0.717) is 12.2 Å². The number of aliphatic imine (C=N–C) groups is 1. The highest BCUT2D eigenvalue weighted by atomic mass is 16.5. The van der Waals surface area contributed by atoms with Crippen LogP contribution in [0.5, 0.6) is 0 Å². The number of nitrogens with zero attached hydrogens (tertiary/aromatic N) is 1. The van der Waals surface area contributed by atoms with Crippen molar-refractivity contribution in [2.75, 3.05) is 6.61 Å². The fraction of sp³-hybridized carbons (Fsp3) is 0.538. The van der Waals surface area contributed by atoms with Gasteiger partial charge in [0.2, 0.25) is 0 Å². The number of hydrogen-bond donors (Lipinski definition) is 1. The van der Waals surface area contributed by atoms with Gasteiger partial charge >= 0.3 is 5.97 Å². The van der Waals surface area contributed by atoms with Crippen molar-refractivity contribution in [3.63, 3.8) is 0 Å². The highest BCUT2D eigenvalue weighted by Gasteiger charge is 2.39. The standard InChI is InChI=1S/C13H20N2O2/c1-7-17-12(16)11-9(4)14-10(5)15-13(11,6)8(2)3/h2,7H2,1,3-6H3,(H,14,15). The summed E-state index contributed by atoms with van der Waals surface area (Å²) >= 11 is 0. The molecule has 94 valence electrons. The Morgan fingerprint density at radius 2 is 2.12 bits per heavy atom. The third kappa shape index (κ3) is 2.40. The molecule has 4 heteroatoms. The summed E-state index contributed by atoms with van der Waals surface area (Å²) < 4.78 is 5.09. The van der Waals surface area contributed by atoms with Crippen molar-refractivity contribution < 1.29 is 9.53 Å². The first-order valence-corrected chi connectivity index (χ1v) is 5.70. The molecule has 0 bridgehead atoms.